The van der Waals surface area contributed by atoms with Crippen LogP contribution in [0.25, 0.3) is 0 Å². The normalized spacial score (nSPS) is 24.0. The van der Waals surface area contributed by atoms with Gasteiger partial charge in [0.1, 0.15) is 6.54 Å². The number of likely N-dealkylation sites (tertiary alicyclic amines) is 1. The standard InChI is InChI=1S/C22H30N2O3S/c1-17(23-28(3,25)26)19-11-9-18(10-12-19)15-24-14-13-22(27-2)21(16-24)20-7-5-4-6-8-20/h4-12,17,21-23H,13-16H2,1-3H3/p+1/t17-,21?,22?/m1/s1. The maximum Gasteiger partial charge on any atom is 0.209 e. The first kappa shape index (κ1) is 21.0. The molecule has 6 heteroatoms. The lowest BCUT2D eigenvalue weighted by atomic mass is 9.87. The molecule has 3 rings (SSSR count). The molecule has 1 fully saturated rings. The summed E-state index contributed by atoms with van der Waals surface area (Å²) in [6.07, 6.45) is 2.52. The summed E-state index contributed by atoms with van der Waals surface area (Å²) < 4.78 is 31.2. The molecular formula is C22H31N2O3S+. The Balaban J connectivity index is 1.65. The molecule has 5 nitrogen and oxygen atoms in total. The van der Waals surface area contributed by atoms with Crippen molar-refractivity contribution in [3.63, 3.8) is 0 Å². The lowest BCUT2D eigenvalue weighted by Crippen LogP contribution is -3.12. The van der Waals surface area contributed by atoms with Crippen molar-refractivity contribution in [3.8, 4) is 0 Å². The summed E-state index contributed by atoms with van der Waals surface area (Å²) in [7, 11) is -1.40. The first-order chi connectivity index (χ1) is 13.4. The van der Waals surface area contributed by atoms with Crippen LogP contribution in [0.2, 0.25) is 0 Å². The Kier molecular flexibility index (Phi) is 6.88. The molecule has 152 valence electrons. The van der Waals surface area contributed by atoms with Crippen molar-refractivity contribution in [1.82, 2.24) is 4.72 Å². The van der Waals surface area contributed by atoms with Crippen LogP contribution in [-0.2, 0) is 21.3 Å². The van der Waals surface area contributed by atoms with Crippen LogP contribution in [0.3, 0.4) is 0 Å². The molecule has 3 unspecified atom stereocenters. The molecule has 1 saturated heterocycles. The van der Waals surface area contributed by atoms with Gasteiger partial charge >= 0.3 is 0 Å². The summed E-state index contributed by atoms with van der Waals surface area (Å²) in [6, 6.07) is 18.7. The van der Waals surface area contributed by atoms with Gasteiger partial charge in [0.05, 0.1) is 31.4 Å². The number of sulfonamides is 1. The van der Waals surface area contributed by atoms with Crippen LogP contribution in [0.5, 0.6) is 0 Å². The zero-order chi connectivity index (χ0) is 20.1. The van der Waals surface area contributed by atoms with Gasteiger partial charge in [-0.15, -0.1) is 0 Å². The van der Waals surface area contributed by atoms with E-state index < -0.39 is 10.0 Å². The van der Waals surface area contributed by atoms with E-state index in [0.717, 1.165) is 31.6 Å². The Morgan fingerprint density at radius 3 is 2.43 bits per heavy atom. The predicted octanol–water partition coefficient (Wildman–Crippen LogP) is 1.88. The van der Waals surface area contributed by atoms with Gasteiger partial charge in [-0.2, -0.15) is 0 Å². The molecule has 2 N–H and O–H groups in total. The highest BCUT2D eigenvalue weighted by Gasteiger charge is 2.33. The summed E-state index contributed by atoms with van der Waals surface area (Å²) in [5.74, 6) is 0.410. The van der Waals surface area contributed by atoms with E-state index >= 15 is 0 Å². The molecule has 0 bridgehead atoms. The summed E-state index contributed by atoms with van der Waals surface area (Å²) in [4.78, 5) is 1.55. The zero-order valence-electron chi connectivity index (χ0n) is 16.9. The monoisotopic (exact) mass is 403 g/mol. The van der Waals surface area contributed by atoms with E-state index in [4.69, 9.17) is 4.74 Å². The number of quaternary nitrogens is 1. The minimum atomic E-state index is -3.21. The fraction of sp³-hybridized carbons (Fsp3) is 0.455. The van der Waals surface area contributed by atoms with Crippen molar-refractivity contribution in [3.05, 3.63) is 71.3 Å². The zero-order valence-corrected chi connectivity index (χ0v) is 17.7. The average molecular weight is 404 g/mol. The van der Waals surface area contributed by atoms with Gasteiger partial charge in [-0.25, -0.2) is 13.1 Å². The van der Waals surface area contributed by atoms with Crippen LogP contribution in [-0.4, -0.2) is 41.0 Å². The van der Waals surface area contributed by atoms with E-state index in [-0.39, 0.29) is 12.1 Å². The van der Waals surface area contributed by atoms with E-state index in [0.29, 0.717) is 5.92 Å². The van der Waals surface area contributed by atoms with Gasteiger partial charge in [0, 0.05) is 25.1 Å². The number of methoxy groups -OCH3 is 1. The molecule has 2 aromatic rings. The van der Waals surface area contributed by atoms with E-state index in [1.54, 1.807) is 4.90 Å². The Bertz CT molecular complexity index is 853. The highest BCUT2D eigenvalue weighted by Crippen LogP contribution is 2.24. The molecule has 2 aromatic carbocycles. The van der Waals surface area contributed by atoms with Crippen molar-refractivity contribution in [1.29, 1.82) is 0 Å². The Labute approximate surface area is 168 Å². The second kappa shape index (κ2) is 9.18. The molecule has 0 amide bonds. The second-order valence-corrected chi connectivity index (χ2v) is 9.59. The van der Waals surface area contributed by atoms with E-state index in [1.807, 2.05) is 26.2 Å². The van der Waals surface area contributed by atoms with Crippen molar-refractivity contribution in [2.75, 3.05) is 26.5 Å². The largest absolute Gasteiger partial charge is 0.380 e. The van der Waals surface area contributed by atoms with Gasteiger partial charge in [-0.05, 0) is 18.1 Å². The minimum Gasteiger partial charge on any atom is -0.380 e. The molecule has 0 radical (unpaired) electrons. The third-order valence-electron chi connectivity index (χ3n) is 5.59. The maximum absolute atomic E-state index is 11.4. The average Bonchev–Trinajstić information content (AvgIpc) is 2.68. The molecule has 1 aliphatic heterocycles. The molecule has 0 aromatic heterocycles. The highest BCUT2D eigenvalue weighted by atomic mass is 32.2. The van der Waals surface area contributed by atoms with Gasteiger partial charge in [0.2, 0.25) is 10.0 Å². The fourth-order valence-corrected chi connectivity index (χ4v) is 4.95. The third-order valence-corrected chi connectivity index (χ3v) is 6.38. The summed E-state index contributed by atoms with van der Waals surface area (Å²) in [5.41, 5.74) is 3.60. The second-order valence-electron chi connectivity index (χ2n) is 7.81. The highest BCUT2D eigenvalue weighted by molar-refractivity contribution is 7.88. The number of rotatable bonds is 7. The Morgan fingerprint density at radius 2 is 1.82 bits per heavy atom. The molecule has 0 saturated carbocycles. The number of hydrogen-bond donors (Lipinski definition) is 2. The SMILES string of the molecule is COC1CC[NH+](Cc2ccc([C@@H](C)NS(C)(=O)=O)cc2)CC1c1ccccc1. The van der Waals surface area contributed by atoms with Crippen molar-refractivity contribution < 1.29 is 18.1 Å². The van der Waals surface area contributed by atoms with Gasteiger partial charge in [-0.3, -0.25) is 0 Å². The fourth-order valence-electron chi connectivity index (χ4n) is 4.17. The van der Waals surface area contributed by atoms with Crippen LogP contribution >= 0.6 is 0 Å². The molecular weight excluding hydrogens is 372 g/mol. The quantitative estimate of drug-likeness (QED) is 0.742. The molecule has 0 aliphatic carbocycles. The van der Waals surface area contributed by atoms with Crippen LogP contribution in [0, 0.1) is 0 Å². The Hall–Kier alpha value is -1.73. The number of piperidine rings is 1. The van der Waals surface area contributed by atoms with Crippen LogP contribution in [0.4, 0.5) is 0 Å². The van der Waals surface area contributed by atoms with Gasteiger partial charge in [-0.1, -0.05) is 54.6 Å². The van der Waals surface area contributed by atoms with Crippen LogP contribution < -0.4 is 9.62 Å². The van der Waals surface area contributed by atoms with Crippen molar-refractivity contribution in [2.24, 2.45) is 0 Å². The van der Waals surface area contributed by atoms with Crippen LogP contribution in [0.1, 0.15) is 42.0 Å². The molecule has 28 heavy (non-hydrogen) atoms. The summed E-state index contributed by atoms with van der Waals surface area (Å²) in [5, 5.41) is 0. The number of benzene rings is 2. The lowest BCUT2D eigenvalue weighted by molar-refractivity contribution is -0.921. The molecule has 0 spiro atoms. The summed E-state index contributed by atoms with van der Waals surface area (Å²) >= 11 is 0. The Morgan fingerprint density at radius 1 is 1.14 bits per heavy atom. The molecule has 1 aliphatic rings. The first-order valence-corrected chi connectivity index (χ1v) is 11.7. The molecule has 4 atom stereocenters. The minimum absolute atomic E-state index is 0.226. The van der Waals surface area contributed by atoms with E-state index in [2.05, 4.69) is 47.2 Å². The maximum atomic E-state index is 11.4. The van der Waals surface area contributed by atoms with Crippen molar-refractivity contribution >= 4 is 10.0 Å². The number of nitrogens with one attached hydrogen (secondary N) is 2. The molecule has 1 heterocycles. The van der Waals surface area contributed by atoms with Crippen LogP contribution in [0.15, 0.2) is 54.6 Å². The first-order valence-electron chi connectivity index (χ1n) is 9.83. The van der Waals surface area contributed by atoms with Gasteiger partial charge < -0.3 is 9.64 Å². The lowest BCUT2D eigenvalue weighted by Gasteiger charge is -2.35. The van der Waals surface area contributed by atoms with E-state index in [9.17, 15) is 8.42 Å². The van der Waals surface area contributed by atoms with Crippen molar-refractivity contribution in [2.45, 2.75) is 38.0 Å². The number of hydrogen-bond acceptors (Lipinski definition) is 3. The smallest absolute Gasteiger partial charge is 0.209 e. The van der Waals surface area contributed by atoms with Gasteiger partial charge in [0.25, 0.3) is 0 Å². The summed E-state index contributed by atoms with van der Waals surface area (Å²) in [6.45, 7) is 4.97. The number of ether oxygens (including phenoxy) is 1. The van der Waals surface area contributed by atoms with Gasteiger partial charge in [0.15, 0.2) is 0 Å². The predicted molar refractivity (Wildman–Crippen MR) is 112 cm³/mol. The third kappa shape index (κ3) is 5.64. The van der Waals surface area contributed by atoms with E-state index in [1.165, 1.54) is 17.4 Å². The topological polar surface area (TPSA) is 59.8 Å².